The van der Waals surface area contributed by atoms with E-state index in [-0.39, 0.29) is 24.0 Å². The Labute approximate surface area is 118 Å². The molecule has 0 aliphatic carbocycles. The van der Waals surface area contributed by atoms with Gasteiger partial charge in [-0.2, -0.15) is 0 Å². The standard InChI is InChI=1S/C10H10BrClN2O3S/c11-9-2-1-8(4-13-9)14-5-7(3-10(14)15)6-18(12,16)17/h1-2,4,7H,3,5-6H2. The zero-order valence-corrected chi connectivity index (χ0v) is 12.4. The zero-order chi connectivity index (χ0) is 13.3. The summed E-state index contributed by atoms with van der Waals surface area (Å²) in [6, 6.07) is 3.49. The van der Waals surface area contributed by atoms with Crippen LogP contribution in [0.4, 0.5) is 5.69 Å². The van der Waals surface area contributed by atoms with Crippen molar-refractivity contribution >= 4 is 47.3 Å². The van der Waals surface area contributed by atoms with Crippen molar-refractivity contribution < 1.29 is 13.2 Å². The third-order valence-corrected chi connectivity index (χ3v) is 4.38. The van der Waals surface area contributed by atoms with E-state index < -0.39 is 9.05 Å². The van der Waals surface area contributed by atoms with Gasteiger partial charge in [-0.15, -0.1) is 0 Å². The van der Waals surface area contributed by atoms with Gasteiger partial charge in [0.1, 0.15) is 4.60 Å². The molecule has 0 N–H and O–H groups in total. The number of hydrogen-bond donors (Lipinski definition) is 0. The molecule has 1 atom stereocenters. The Morgan fingerprint density at radius 2 is 2.22 bits per heavy atom. The highest BCUT2D eigenvalue weighted by molar-refractivity contribution is 9.10. The second kappa shape index (κ2) is 5.14. The quantitative estimate of drug-likeness (QED) is 0.613. The number of hydrogen-bond acceptors (Lipinski definition) is 4. The summed E-state index contributed by atoms with van der Waals surface area (Å²) in [6.45, 7) is 0.355. The van der Waals surface area contributed by atoms with Gasteiger partial charge in [-0.25, -0.2) is 13.4 Å². The first kappa shape index (κ1) is 13.8. The van der Waals surface area contributed by atoms with Gasteiger partial charge in [0.15, 0.2) is 0 Å². The van der Waals surface area contributed by atoms with Crippen molar-refractivity contribution in [2.75, 3.05) is 17.2 Å². The lowest BCUT2D eigenvalue weighted by molar-refractivity contribution is -0.117. The van der Waals surface area contributed by atoms with E-state index in [1.807, 2.05) is 0 Å². The molecule has 0 bridgehead atoms. The summed E-state index contributed by atoms with van der Waals surface area (Å²) in [6.07, 6.45) is 1.77. The summed E-state index contributed by atoms with van der Waals surface area (Å²) in [5.74, 6) is -0.547. The molecule has 1 unspecified atom stereocenters. The Balaban J connectivity index is 2.12. The molecular weight excluding hydrogens is 344 g/mol. The number of rotatable bonds is 3. The molecule has 1 aromatic rings. The maximum Gasteiger partial charge on any atom is 0.232 e. The van der Waals surface area contributed by atoms with E-state index in [1.54, 1.807) is 18.3 Å². The van der Waals surface area contributed by atoms with Crippen LogP contribution in [0.25, 0.3) is 0 Å². The van der Waals surface area contributed by atoms with Crippen LogP contribution >= 0.6 is 26.6 Å². The fraction of sp³-hybridized carbons (Fsp3) is 0.400. The van der Waals surface area contributed by atoms with Crippen LogP contribution in [0.1, 0.15) is 6.42 Å². The molecule has 1 fully saturated rings. The van der Waals surface area contributed by atoms with Crippen LogP contribution in [0.5, 0.6) is 0 Å². The Bertz CT molecular complexity index is 561. The predicted molar refractivity (Wildman–Crippen MR) is 72.0 cm³/mol. The van der Waals surface area contributed by atoms with Gasteiger partial charge < -0.3 is 4.90 Å². The summed E-state index contributed by atoms with van der Waals surface area (Å²) in [5.41, 5.74) is 0.665. The van der Waals surface area contributed by atoms with Gasteiger partial charge in [-0.05, 0) is 28.1 Å². The van der Waals surface area contributed by atoms with Crippen molar-refractivity contribution in [1.82, 2.24) is 4.98 Å². The first-order chi connectivity index (χ1) is 8.35. The van der Waals surface area contributed by atoms with E-state index in [0.29, 0.717) is 16.8 Å². The van der Waals surface area contributed by atoms with E-state index >= 15 is 0 Å². The summed E-state index contributed by atoms with van der Waals surface area (Å²) >= 11 is 3.21. The molecule has 1 aliphatic heterocycles. The smallest absolute Gasteiger partial charge is 0.232 e. The number of carbonyl (C=O) groups excluding carboxylic acids is 1. The number of pyridine rings is 1. The second-order valence-electron chi connectivity index (χ2n) is 4.12. The Morgan fingerprint density at radius 1 is 1.50 bits per heavy atom. The van der Waals surface area contributed by atoms with Crippen molar-refractivity contribution in [1.29, 1.82) is 0 Å². The Kier molecular flexibility index (Phi) is 3.93. The van der Waals surface area contributed by atoms with Gasteiger partial charge in [0, 0.05) is 29.6 Å². The Morgan fingerprint density at radius 3 is 2.78 bits per heavy atom. The van der Waals surface area contributed by atoms with E-state index in [4.69, 9.17) is 10.7 Å². The highest BCUT2D eigenvalue weighted by Gasteiger charge is 2.33. The Hall–Kier alpha value is -0.660. The van der Waals surface area contributed by atoms with Crippen LogP contribution in [-0.4, -0.2) is 31.6 Å². The molecule has 0 saturated carbocycles. The average molecular weight is 354 g/mol. The lowest BCUT2D eigenvalue weighted by Crippen LogP contribution is -2.25. The minimum absolute atomic E-state index is 0.107. The average Bonchev–Trinajstić information content (AvgIpc) is 2.58. The molecule has 1 amide bonds. The highest BCUT2D eigenvalue weighted by Crippen LogP contribution is 2.26. The fourth-order valence-electron chi connectivity index (χ4n) is 1.95. The number of amides is 1. The monoisotopic (exact) mass is 352 g/mol. The summed E-state index contributed by atoms with van der Waals surface area (Å²) in [7, 11) is 1.63. The van der Waals surface area contributed by atoms with Crippen LogP contribution in [0, 0.1) is 5.92 Å². The van der Waals surface area contributed by atoms with Crippen molar-refractivity contribution in [2.24, 2.45) is 5.92 Å². The van der Waals surface area contributed by atoms with Gasteiger partial charge in [0.2, 0.25) is 15.0 Å². The molecule has 1 aromatic heterocycles. The molecule has 5 nitrogen and oxygen atoms in total. The van der Waals surface area contributed by atoms with Gasteiger partial charge in [-0.1, -0.05) is 0 Å². The topological polar surface area (TPSA) is 67.3 Å². The van der Waals surface area contributed by atoms with Crippen LogP contribution in [0.2, 0.25) is 0 Å². The molecule has 18 heavy (non-hydrogen) atoms. The third kappa shape index (κ3) is 3.43. The SMILES string of the molecule is O=C1CC(CS(=O)(=O)Cl)CN1c1ccc(Br)nc1. The number of carbonyl (C=O) groups is 1. The largest absolute Gasteiger partial charge is 0.311 e. The normalized spacial score (nSPS) is 20.4. The van der Waals surface area contributed by atoms with E-state index in [9.17, 15) is 13.2 Å². The molecule has 1 aliphatic rings. The van der Waals surface area contributed by atoms with Crippen LogP contribution in [0.3, 0.4) is 0 Å². The molecule has 2 heterocycles. The van der Waals surface area contributed by atoms with Crippen LogP contribution in [0.15, 0.2) is 22.9 Å². The van der Waals surface area contributed by atoms with Crippen molar-refractivity contribution in [2.45, 2.75) is 6.42 Å². The van der Waals surface area contributed by atoms with Crippen LogP contribution in [-0.2, 0) is 13.8 Å². The molecule has 2 rings (SSSR count). The summed E-state index contributed by atoms with van der Waals surface area (Å²) in [4.78, 5) is 17.4. The van der Waals surface area contributed by atoms with E-state index in [0.717, 1.165) is 0 Å². The highest BCUT2D eigenvalue weighted by atomic mass is 79.9. The lowest BCUT2D eigenvalue weighted by atomic mass is 10.1. The van der Waals surface area contributed by atoms with Crippen LogP contribution < -0.4 is 4.90 Å². The minimum atomic E-state index is -3.57. The third-order valence-electron chi connectivity index (χ3n) is 2.66. The molecule has 0 radical (unpaired) electrons. The number of anilines is 1. The molecule has 8 heteroatoms. The molecular formula is C10H10BrClN2O3S. The van der Waals surface area contributed by atoms with Gasteiger partial charge in [0.05, 0.1) is 17.6 Å². The number of nitrogens with zero attached hydrogens (tertiary/aromatic N) is 2. The number of aromatic nitrogens is 1. The van der Waals surface area contributed by atoms with Gasteiger partial charge in [-0.3, -0.25) is 4.79 Å². The second-order valence-corrected chi connectivity index (χ2v) is 7.75. The molecule has 0 spiro atoms. The van der Waals surface area contributed by atoms with E-state index in [1.165, 1.54) is 4.90 Å². The van der Waals surface area contributed by atoms with E-state index in [2.05, 4.69) is 20.9 Å². The van der Waals surface area contributed by atoms with Gasteiger partial charge in [0.25, 0.3) is 0 Å². The number of halogens is 2. The zero-order valence-electron chi connectivity index (χ0n) is 9.21. The lowest BCUT2D eigenvalue weighted by Gasteiger charge is -2.15. The maximum atomic E-state index is 11.8. The molecule has 98 valence electrons. The predicted octanol–water partition coefficient (Wildman–Crippen LogP) is 1.77. The van der Waals surface area contributed by atoms with Crippen molar-refractivity contribution in [3.63, 3.8) is 0 Å². The first-order valence-corrected chi connectivity index (χ1v) is 8.46. The van der Waals surface area contributed by atoms with Gasteiger partial charge >= 0.3 is 0 Å². The first-order valence-electron chi connectivity index (χ1n) is 5.19. The van der Waals surface area contributed by atoms with Crippen molar-refractivity contribution in [3.8, 4) is 0 Å². The molecule has 1 saturated heterocycles. The summed E-state index contributed by atoms with van der Waals surface area (Å²) in [5, 5.41) is 0. The molecule has 0 aromatic carbocycles. The fourth-order valence-corrected chi connectivity index (χ4v) is 3.51. The minimum Gasteiger partial charge on any atom is -0.311 e. The maximum absolute atomic E-state index is 11.8. The summed E-state index contributed by atoms with van der Waals surface area (Å²) < 4.78 is 22.7. The van der Waals surface area contributed by atoms with Crippen molar-refractivity contribution in [3.05, 3.63) is 22.9 Å².